The van der Waals surface area contributed by atoms with Crippen molar-refractivity contribution in [1.29, 1.82) is 0 Å². The lowest BCUT2D eigenvalue weighted by atomic mass is 9.54. The number of nitrogens with two attached hydrogens (primary N) is 1. The molecule has 1 amide bonds. The van der Waals surface area contributed by atoms with E-state index < -0.39 is 11.0 Å². The maximum absolute atomic E-state index is 13.5. The minimum atomic E-state index is -0.934. The Morgan fingerprint density at radius 3 is 2.81 bits per heavy atom. The van der Waals surface area contributed by atoms with Crippen LogP contribution in [0.4, 0.5) is 4.39 Å². The number of carbonyl (C=O) groups is 1. The molecule has 3 atom stereocenters. The SMILES string of the molecule is CCOC1CC(N)(C(=O)N2CCOC(c3cccc(F)c3)C2)C1(C)C.Cl. The van der Waals surface area contributed by atoms with Crippen LogP contribution in [0.1, 0.15) is 38.9 Å². The molecule has 1 aromatic rings. The molecule has 0 aromatic heterocycles. The number of carbonyl (C=O) groups excluding carboxylic acids is 1. The van der Waals surface area contributed by atoms with Crippen molar-refractivity contribution >= 4 is 18.3 Å². The predicted octanol–water partition coefficient (Wildman–Crippen LogP) is 2.68. The third kappa shape index (κ3) is 3.48. The number of ether oxygens (including phenoxy) is 2. The van der Waals surface area contributed by atoms with Gasteiger partial charge in [0.1, 0.15) is 17.5 Å². The quantitative estimate of drug-likeness (QED) is 0.864. The summed E-state index contributed by atoms with van der Waals surface area (Å²) in [7, 11) is 0. The van der Waals surface area contributed by atoms with Crippen molar-refractivity contribution < 1.29 is 18.7 Å². The fourth-order valence-corrected chi connectivity index (χ4v) is 3.82. The molecule has 146 valence electrons. The van der Waals surface area contributed by atoms with E-state index >= 15 is 0 Å². The van der Waals surface area contributed by atoms with E-state index in [0.717, 1.165) is 5.56 Å². The lowest BCUT2D eigenvalue weighted by molar-refractivity contribution is -0.184. The number of nitrogens with zero attached hydrogens (tertiary/aromatic N) is 1. The van der Waals surface area contributed by atoms with E-state index in [-0.39, 0.29) is 36.3 Å². The smallest absolute Gasteiger partial charge is 0.243 e. The molecule has 3 rings (SSSR count). The predicted molar refractivity (Wildman–Crippen MR) is 99.7 cm³/mol. The van der Waals surface area contributed by atoms with Crippen LogP contribution in [-0.2, 0) is 14.3 Å². The molecule has 1 saturated heterocycles. The second-order valence-corrected chi connectivity index (χ2v) is 7.51. The van der Waals surface area contributed by atoms with Crippen LogP contribution in [-0.4, -0.2) is 48.8 Å². The van der Waals surface area contributed by atoms with E-state index in [0.29, 0.717) is 32.7 Å². The second kappa shape index (κ2) is 7.80. The number of hydrogen-bond acceptors (Lipinski definition) is 4. The van der Waals surface area contributed by atoms with Crippen LogP contribution in [0.5, 0.6) is 0 Å². The molecule has 1 aromatic carbocycles. The summed E-state index contributed by atoms with van der Waals surface area (Å²) in [6.07, 6.45) is 0.184. The van der Waals surface area contributed by atoms with Crippen molar-refractivity contribution in [2.45, 2.75) is 44.9 Å². The summed E-state index contributed by atoms with van der Waals surface area (Å²) in [5.41, 5.74) is 5.89. The molecule has 1 aliphatic carbocycles. The molecule has 0 radical (unpaired) electrons. The number of hydrogen-bond donors (Lipinski definition) is 1. The first-order valence-corrected chi connectivity index (χ1v) is 8.86. The van der Waals surface area contributed by atoms with Gasteiger partial charge < -0.3 is 20.1 Å². The summed E-state index contributed by atoms with van der Waals surface area (Å²) >= 11 is 0. The molecular weight excluding hydrogens is 359 g/mol. The van der Waals surface area contributed by atoms with Crippen molar-refractivity contribution in [2.24, 2.45) is 11.1 Å². The third-order valence-corrected chi connectivity index (χ3v) is 5.79. The van der Waals surface area contributed by atoms with E-state index in [1.54, 1.807) is 11.0 Å². The summed E-state index contributed by atoms with van der Waals surface area (Å²) in [5, 5.41) is 0. The summed E-state index contributed by atoms with van der Waals surface area (Å²) in [6.45, 7) is 7.82. The Morgan fingerprint density at radius 2 is 2.19 bits per heavy atom. The van der Waals surface area contributed by atoms with Crippen molar-refractivity contribution in [3.63, 3.8) is 0 Å². The number of rotatable bonds is 4. The normalized spacial score (nSPS) is 30.3. The Hall–Kier alpha value is -1.21. The highest BCUT2D eigenvalue weighted by atomic mass is 35.5. The van der Waals surface area contributed by atoms with Crippen molar-refractivity contribution in [3.8, 4) is 0 Å². The van der Waals surface area contributed by atoms with E-state index in [1.807, 2.05) is 26.8 Å². The van der Waals surface area contributed by atoms with Gasteiger partial charge in [-0.2, -0.15) is 0 Å². The van der Waals surface area contributed by atoms with Crippen molar-refractivity contribution in [3.05, 3.63) is 35.6 Å². The van der Waals surface area contributed by atoms with Gasteiger partial charge in [-0.1, -0.05) is 26.0 Å². The van der Waals surface area contributed by atoms with Crippen LogP contribution in [0.3, 0.4) is 0 Å². The zero-order valence-electron chi connectivity index (χ0n) is 15.5. The zero-order valence-corrected chi connectivity index (χ0v) is 16.4. The fraction of sp³-hybridized carbons (Fsp3) is 0.632. The molecule has 0 spiro atoms. The molecule has 0 bridgehead atoms. The van der Waals surface area contributed by atoms with E-state index in [2.05, 4.69) is 0 Å². The van der Waals surface area contributed by atoms with E-state index in [9.17, 15) is 9.18 Å². The van der Waals surface area contributed by atoms with Crippen LogP contribution in [0.25, 0.3) is 0 Å². The topological polar surface area (TPSA) is 64.8 Å². The maximum atomic E-state index is 13.5. The standard InChI is InChI=1S/C19H27FN2O3.ClH/c1-4-24-16-11-19(21,18(16,2)3)17(23)22-8-9-25-15(12-22)13-6-5-7-14(20)10-13;/h5-7,10,15-16H,4,8-9,11-12,21H2,1-3H3;1H. The largest absolute Gasteiger partial charge is 0.378 e. The lowest BCUT2D eigenvalue weighted by Gasteiger charge is -2.59. The molecule has 5 nitrogen and oxygen atoms in total. The molecular formula is C19H28ClFN2O3. The average Bonchev–Trinajstić information content (AvgIpc) is 2.61. The Balaban J connectivity index is 0.00000243. The maximum Gasteiger partial charge on any atom is 0.243 e. The van der Waals surface area contributed by atoms with Crippen LogP contribution < -0.4 is 5.73 Å². The van der Waals surface area contributed by atoms with Gasteiger partial charge in [-0.05, 0) is 24.6 Å². The highest BCUT2D eigenvalue weighted by molar-refractivity contribution is 5.89. The molecule has 2 N–H and O–H groups in total. The van der Waals surface area contributed by atoms with E-state index in [1.165, 1.54) is 12.1 Å². The van der Waals surface area contributed by atoms with Gasteiger partial charge in [-0.3, -0.25) is 4.79 Å². The molecule has 2 aliphatic rings. The Kier molecular flexibility index (Phi) is 6.33. The molecule has 3 unspecified atom stereocenters. The Bertz CT molecular complexity index is 657. The molecule has 1 heterocycles. The van der Waals surface area contributed by atoms with Gasteiger partial charge in [0.15, 0.2) is 0 Å². The minimum absolute atomic E-state index is 0. The van der Waals surface area contributed by atoms with Gasteiger partial charge >= 0.3 is 0 Å². The van der Waals surface area contributed by atoms with Crippen LogP contribution in [0.15, 0.2) is 24.3 Å². The zero-order chi connectivity index (χ0) is 18.2. The molecule has 2 fully saturated rings. The van der Waals surface area contributed by atoms with Gasteiger partial charge in [0.25, 0.3) is 0 Å². The lowest BCUT2D eigenvalue weighted by Crippen LogP contribution is -2.76. The number of benzene rings is 1. The van der Waals surface area contributed by atoms with Crippen LogP contribution in [0.2, 0.25) is 0 Å². The summed E-state index contributed by atoms with van der Waals surface area (Å²) in [6, 6.07) is 6.32. The van der Waals surface area contributed by atoms with E-state index in [4.69, 9.17) is 15.2 Å². The van der Waals surface area contributed by atoms with Gasteiger partial charge in [-0.25, -0.2) is 4.39 Å². The summed E-state index contributed by atoms with van der Waals surface area (Å²) in [4.78, 5) is 14.9. The van der Waals surface area contributed by atoms with Gasteiger partial charge in [0.05, 0.1) is 19.3 Å². The van der Waals surface area contributed by atoms with Crippen LogP contribution >= 0.6 is 12.4 Å². The Labute approximate surface area is 160 Å². The van der Waals surface area contributed by atoms with Gasteiger partial charge in [0, 0.05) is 25.0 Å². The first kappa shape index (κ1) is 21.1. The molecule has 26 heavy (non-hydrogen) atoms. The first-order chi connectivity index (χ1) is 11.8. The van der Waals surface area contributed by atoms with Gasteiger partial charge in [-0.15, -0.1) is 12.4 Å². The van der Waals surface area contributed by atoms with Crippen molar-refractivity contribution in [1.82, 2.24) is 4.90 Å². The molecule has 1 saturated carbocycles. The first-order valence-electron chi connectivity index (χ1n) is 8.86. The van der Waals surface area contributed by atoms with Crippen LogP contribution in [0, 0.1) is 11.2 Å². The molecule has 7 heteroatoms. The fourth-order valence-electron chi connectivity index (χ4n) is 3.82. The summed E-state index contributed by atoms with van der Waals surface area (Å²) in [5.74, 6) is -0.377. The Morgan fingerprint density at radius 1 is 1.46 bits per heavy atom. The highest BCUT2D eigenvalue weighted by Gasteiger charge is 2.63. The monoisotopic (exact) mass is 386 g/mol. The minimum Gasteiger partial charge on any atom is -0.378 e. The highest BCUT2D eigenvalue weighted by Crippen LogP contribution is 2.50. The number of amides is 1. The second-order valence-electron chi connectivity index (χ2n) is 7.51. The summed E-state index contributed by atoms with van der Waals surface area (Å²) < 4.78 is 24.9. The number of morpholine rings is 1. The average molecular weight is 387 g/mol. The molecule has 1 aliphatic heterocycles. The van der Waals surface area contributed by atoms with Gasteiger partial charge in [0.2, 0.25) is 5.91 Å². The number of halogens is 2. The van der Waals surface area contributed by atoms with Crippen molar-refractivity contribution in [2.75, 3.05) is 26.3 Å². The third-order valence-electron chi connectivity index (χ3n) is 5.79.